The average molecular weight is 413 g/mol. The average Bonchev–Trinajstić information content (AvgIpc) is 3.06. The number of anilines is 1. The Balaban J connectivity index is 1.47. The van der Waals surface area contributed by atoms with Crippen LogP contribution < -0.4 is 10.2 Å². The van der Waals surface area contributed by atoms with Crippen LogP contribution in [0, 0.1) is 5.82 Å². The van der Waals surface area contributed by atoms with Crippen LogP contribution in [-0.4, -0.2) is 65.7 Å². The Bertz CT molecular complexity index is 899. The second-order valence-corrected chi connectivity index (χ2v) is 8.12. The fourth-order valence-electron chi connectivity index (χ4n) is 4.56. The zero-order chi connectivity index (χ0) is 21.3. The van der Waals surface area contributed by atoms with Crippen LogP contribution >= 0.6 is 0 Å². The van der Waals surface area contributed by atoms with Crippen molar-refractivity contribution >= 4 is 11.7 Å². The van der Waals surface area contributed by atoms with Crippen molar-refractivity contribution in [3.63, 3.8) is 0 Å². The molecule has 2 heterocycles. The Morgan fingerprint density at radius 1 is 1.23 bits per heavy atom. The maximum atomic E-state index is 13.3. The number of likely N-dealkylation sites (N-methyl/N-ethyl adjacent to an activating group) is 1. The van der Waals surface area contributed by atoms with E-state index in [2.05, 4.69) is 27.1 Å². The molecule has 0 unspecified atom stereocenters. The second kappa shape index (κ2) is 8.65. The highest BCUT2D eigenvalue weighted by molar-refractivity contribution is 5.84. The minimum absolute atomic E-state index is 0.0484. The molecule has 0 spiro atoms. The molecule has 1 aromatic heterocycles. The van der Waals surface area contributed by atoms with Gasteiger partial charge in [-0.2, -0.15) is 0 Å². The van der Waals surface area contributed by atoms with Crippen LogP contribution in [0.1, 0.15) is 48.1 Å². The van der Waals surface area contributed by atoms with E-state index in [9.17, 15) is 14.3 Å². The smallest absolute Gasteiger partial charge is 0.231 e. The van der Waals surface area contributed by atoms with Crippen molar-refractivity contribution in [2.24, 2.45) is 0 Å². The minimum Gasteiger partial charge on any atom is -0.387 e. The number of rotatable bonds is 5. The number of hydrogen-bond acceptors (Lipinski definition) is 6. The van der Waals surface area contributed by atoms with Crippen molar-refractivity contribution in [2.45, 2.75) is 31.3 Å². The van der Waals surface area contributed by atoms with Crippen LogP contribution in [0.5, 0.6) is 0 Å². The zero-order valence-corrected chi connectivity index (χ0v) is 17.4. The molecule has 160 valence electrons. The topological polar surface area (TPSA) is 81.6 Å². The highest BCUT2D eigenvalue weighted by Gasteiger charge is 2.34. The molecule has 1 aromatic carbocycles. The third-order valence-electron chi connectivity index (χ3n) is 6.15. The lowest BCUT2D eigenvalue weighted by atomic mass is 9.97. The number of carbonyl (C=O) groups excluding carboxylic acids is 1. The molecule has 0 radical (unpaired) electrons. The third kappa shape index (κ3) is 3.89. The van der Waals surface area contributed by atoms with E-state index in [1.54, 1.807) is 12.1 Å². The maximum absolute atomic E-state index is 13.3. The molecule has 7 nitrogen and oxygen atoms in total. The summed E-state index contributed by atoms with van der Waals surface area (Å²) in [5.41, 5.74) is 2.58. The number of hydrogen-bond donors (Lipinski definition) is 2. The minimum atomic E-state index is -0.530. The molecule has 0 saturated carbocycles. The van der Waals surface area contributed by atoms with Crippen LogP contribution in [0.15, 0.2) is 30.6 Å². The first-order valence-corrected chi connectivity index (χ1v) is 10.5. The van der Waals surface area contributed by atoms with Gasteiger partial charge in [0.2, 0.25) is 5.91 Å². The summed E-state index contributed by atoms with van der Waals surface area (Å²) in [6.07, 6.45) is 1.66. The van der Waals surface area contributed by atoms with Crippen LogP contribution in [0.3, 0.4) is 0 Å². The lowest BCUT2D eigenvalue weighted by Crippen LogP contribution is -2.51. The van der Waals surface area contributed by atoms with Gasteiger partial charge in [0.25, 0.3) is 0 Å². The number of aliphatic hydroxyl groups excluding tert-OH is 1. The standard InChI is InChI=1S/C22H28FN5O2/c1-14-11-18(29)20-19(14)21(26-13-25-20)27-7-9-28(10-8-27)22(30)17(12-24-2)15-3-5-16(23)6-4-15/h3-6,13-14,17-18,24,29H,7-12H2,1-2H3/t14-,17-,18-/m1/s1. The summed E-state index contributed by atoms with van der Waals surface area (Å²) >= 11 is 0. The van der Waals surface area contributed by atoms with Gasteiger partial charge in [-0.1, -0.05) is 19.1 Å². The van der Waals surface area contributed by atoms with Gasteiger partial charge in [-0.15, -0.1) is 0 Å². The summed E-state index contributed by atoms with van der Waals surface area (Å²) in [6, 6.07) is 6.16. The number of benzene rings is 1. The van der Waals surface area contributed by atoms with Crippen LogP contribution in [-0.2, 0) is 4.79 Å². The summed E-state index contributed by atoms with van der Waals surface area (Å²) < 4.78 is 13.3. The molecule has 1 amide bonds. The highest BCUT2D eigenvalue weighted by Crippen LogP contribution is 2.42. The van der Waals surface area contributed by atoms with Gasteiger partial charge < -0.3 is 20.2 Å². The molecule has 1 aliphatic carbocycles. The number of fused-ring (bicyclic) bond motifs is 1. The van der Waals surface area contributed by atoms with Crippen LogP contribution in [0.2, 0.25) is 0 Å². The Kier molecular flexibility index (Phi) is 5.97. The fraction of sp³-hybridized carbons (Fsp3) is 0.500. The molecule has 2 N–H and O–H groups in total. The van der Waals surface area contributed by atoms with Crippen molar-refractivity contribution in [3.8, 4) is 0 Å². The van der Waals surface area contributed by atoms with E-state index >= 15 is 0 Å². The van der Waals surface area contributed by atoms with E-state index in [0.29, 0.717) is 39.1 Å². The Morgan fingerprint density at radius 3 is 2.60 bits per heavy atom. The van der Waals surface area contributed by atoms with Crippen molar-refractivity contribution in [1.82, 2.24) is 20.2 Å². The van der Waals surface area contributed by atoms with Gasteiger partial charge in [0.1, 0.15) is 18.0 Å². The summed E-state index contributed by atoms with van der Waals surface area (Å²) in [7, 11) is 1.81. The molecule has 4 rings (SSSR count). The monoisotopic (exact) mass is 413 g/mol. The number of nitrogens with one attached hydrogen (secondary N) is 1. The van der Waals surface area contributed by atoms with E-state index in [-0.39, 0.29) is 23.6 Å². The van der Waals surface area contributed by atoms with Gasteiger partial charge in [0.15, 0.2) is 0 Å². The Hall–Kier alpha value is -2.58. The maximum Gasteiger partial charge on any atom is 0.231 e. The first-order chi connectivity index (χ1) is 14.5. The van der Waals surface area contributed by atoms with E-state index in [1.807, 2.05) is 11.9 Å². The van der Waals surface area contributed by atoms with Crippen molar-refractivity contribution < 1.29 is 14.3 Å². The third-order valence-corrected chi connectivity index (χ3v) is 6.15. The molecule has 2 aromatic rings. The summed E-state index contributed by atoms with van der Waals surface area (Å²) in [5.74, 6) is 0.485. The largest absolute Gasteiger partial charge is 0.387 e. The van der Waals surface area contributed by atoms with E-state index in [0.717, 1.165) is 22.6 Å². The van der Waals surface area contributed by atoms with Gasteiger partial charge in [-0.3, -0.25) is 4.79 Å². The lowest BCUT2D eigenvalue weighted by Gasteiger charge is -2.38. The van der Waals surface area contributed by atoms with Gasteiger partial charge in [-0.25, -0.2) is 14.4 Å². The molecule has 1 saturated heterocycles. The number of carbonyl (C=O) groups is 1. The predicted molar refractivity (Wildman–Crippen MR) is 112 cm³/mol. The normalized spacial score (nSPS) is 22.1. The molecular weight excluding hydrogens is 385 g/mol. The fourth-order valence-corrected chi connectivity index (χ4v) is 4.56. The molecule has 1 aliphatic heterocycles. The molecule has 3 atom stereocenters. The molecule has 1 fully saturated rings. The number of aliphatic hydroxyl groups is 1. The molecule has 8 heteroatoms. The SMILES string of the molecule is CNC[C@@H](C(=O)N1CCN(c2ncnc3c2[C@H](C)C[C@H]3O)CC1)c1ccc(F)cc1. The second-order valence-electron chi connectivity index (χ2n) is 8.12. The van der Waals surface area contributed by atoms with E-state index in [1.165, 1.54) is 18.5 Å². The first-order valence-electron chi connectivity index (χ1n) is 10.5. The predicted octanol–water partition coefficient (Wildman–Crippen LogP) is 1.81. The van der Waals surface area contributed by atoms with E-state index < -0.39 is 6.10 Å². The molecular formula is C22H28FN5O2. The number of piperazine rings is 1. The van der Waals surface area contributed by atoms with E-state index in [4.69, 9.17) is 0 Å². The van der Waals surface area contributed by atoms with Gasteiger partial charge >= 0.3 is 0 Å². The molecule has 0 bridgehead atoms. The van der Waals surface area contributed by atoms with Crippen molar-refractivity contribution in [3.05, 3.63) is 53.2 Å². The summed E-state index contributed by atoms with van der Waals surface area (Å²) in [6.45, 7) is 5.12. The summed E-state index contributed by atoms with van der Waals surface area (Å²) in [4.78, 5) is 26.1. The van der Waals surface area contributed by atoms with Crippen molar-refractivity contribution in [1.29, 1.82) is 0 Å². The first kappa shape index (κ1) is 20.7. The summed E-state index contributed by atoms with van der Waals surface area (Å²) in [5, 5.41) is 13.3. The Morgan fingerprint density at radius 2 is 1.93 bits per heavy atom. The number of nitrogens with zero attached hydrogens (tertiary/aromatic N) is 4. The lowest BCUT2D eigenvalue weighted by molar-refractivity contribution is -0.133. The van der Waals surface area contributed by atoms with Gasteiger partial charge in [0.05, 0.1) is 17.7 Å². The Labute approximate surface area is 175 Å². The van der Waals surface area contributed by atoms with Crippen molar-refractivity contribution in [2.75, 3.05) is 44.7 Å². The van der Waals surface area contributed by atoms with Crippen LogP contribution in [0.25, 0.3) is 0 Å². The van der Waals surface area contributed by atoms with Gasteiger partial charge in [0, 0.05) is 38.3 Å². The zero-order valence-electron chi connectivity index (χ0n) is 17.4. The number of amides is 1. The highest BCUT2D eigenvalue weighted by atomic mass is 19.1. The van der Waals surface area contributed by atoms with Gasteiger partial charge in [-0.05, 0) is 37.1 Å². The quantitative estimate of drug-likeness (QED) is 0.778. The molecule has 30 heavy (non-hydrogen) atoms. The molecule has 2 aliphatic rings. The van der Waals surface area contributed by atoms with Crippen LogP contribution in [0.4, 0.5) is 10.2 Å². The number of halogens is 1. The number of aromatic nitrogens is 2.